The fourth-order valence-electron chi connectivity index (χ4n) is 13.4. The molecule has 20 N–H and O–H groups in total. The molecule has 0 saturated heterocycles. The smallest absolute Gasteiger partial charge is 0.147 e. The number of hydrogen-bond acceptors (Lipinski definition) is 18. The molecule has 12 heterocycles. The summed E-state index contributed by atoms with van der Waals surface area (Å²) in [5, 5.41) is 3.32. The molecule has 6 aliphatic rings. The monoisotopic (exact) mass is 1320 g/mol. The lowest BCUT2D eigenvalue weighted by molar-refractivity contribution is 0.628. The van der Waals surface area contributed by atoms with E-state index in [2.05, 4.69) is 133 Å². The highest BCUT2D eigenvalue weighted by Gasteiger charge is 2.23. The van der Waals surface area contributed by atoms with Crippen molar-refractivity contribution in [3.63, 3.8) is 0 Å². The number of nitrogens with zero attached hydrogens (tertiary/aromatic N) is 10. The van der Waals surface area contributed by atoms with E-state index in [1.54, 1.807) is 55.8 Å². The molecule has 0 saturated carbocycles. The van der Waals surface area contributed by atoms with Crippen molar-refractivity contribution in [1.29, 1.82) is 0 Å². The molecule has 21 heteroatoms. The van der Waals surface area contributed by atoms with E-state index in [0.29, 0.717) is 52.7 Å². The summed E-state index contributed by atoms with van der Waals surface area (Å²) in [6, 6.07) is 20.2. The molecule has 21 nitrogen and oxygen atoms in total. The summed E-state index contributed by atoms with van der Waals surface area (Å²) >= 11 is 0. The number of H-pyrrole nitrogens is 2. The third kappa shape index (κ3) is 16.5. The molecule has 0 radical (unpaired) electrons. The van der Waals surface area contributed by atoms with Gasteiger partial charge < -0.3 is 66.1 Å². The third-order valence-corrected chi connectivity index (χ3v) is 18.9. The molecule has 4 atom stereocenters. The van der Waals surface area contributed by atoms with E-state index < -0.39 is 0 Å². The van der Waals surface area contributed by atoms with E-state index in [0.717, 1.165) is 98.5 Å². The lowest BCUT2D eigenvalue weighted by Gasteiger charge is -2.05. The second kappa shape index (κ2) is 31.5. The number of hydrogen-bond donors (Lipinski definition) is 11. The van der Waals surface area contributed by atoms with E-state index in [9.17, 15) is 0 Å². The maximum absolute atomic E-state index is 5.75. The van der Waals surface area contributed by atoms with Crippen LogP contribution in [0.4, 0.5) is 52.4 Å². The van der Waals surface area contributed by atoms with Crippen LogP contribution in [0, 0.1) is 19.8 Å². The molecule has 0 amide bonds. The standard InChI is InChI=1S/C9H12N2.C9H10N2.C9H12N2.C9H10N2.C9H12N2.C9H10N2.3C8H9N3/c2*1-6-4-7-2-3-11-9(10)8(7)5-6;2*1-6-2-3-8-7(6)4-5-11-9(8)10;2*1-6-2-3-7-4-5-11-9(10)8(6)7;1-11-5-3-6-7(11)2-4-10-8(6)9;2*1-5-4-11-7-6(5)2-3-10-8(7)9/h2-3,6H,4-5H2,1H3,(H2,10,11);2-3,5H,4H2,1H3,(H2,10,11);4-6H,2-3H2,1H3,(H2,10,11);2-6H,1H3,(H2,10,11);4-6H,2-3H2,1H3,(H2,10,11);2,4-5H,3H2,1H3,(H2,10,11);2-5H,1H3,(H2,9,10);2*2-4,11H,1H3,(H2,9,10). The Kier molecular flexibility index (Phi) is 22.3. The second-order valence-corrected chi connectivity index (χ2v) is 26.1. The van der Waals surface area contributed by atoms with Gasteiger partial charge in [0.2, 0.25) is 0 Å². The maximum Gasteiger partial charge on any atom is 0.147 e. The minimum absolute atomic E-state index is 0.496. The molecule has 510 valence electrons. The Bertz CT molecular complexity index is 4710. The van der Waals surface area contributed by atoms with E-state index in [4.69, 9.17) is 51.6 Å². The number of nitrogens with one attached hydrogen (secondary N) is 2. The van der Waals surface area contributed by atoms with Gasteiger partial charge in [-0.3, -0.25) is 0 Å². The molecule has 6 aliphatic carbocycles. The lowest BCUT2D eigenvalue weighted by Crippen LogP contribution is -1.98. The Labute approximate surface area is 579 Å². The van der Waals surface area contributed by atoms with Gasteiger partial charge in [-0.15, -0.1) is 0 Å². The highest BCUT2D eigenvalue weighted by atomic mass is 14.9. The van der Waals surface area contributed by atoms with Crippen molar-refractivity contribution >= 4 is 103 Å². The van der Waals surface area contributed by atoms with Gasteiger partial charge in [0.15, 0.2) is 0 Å². The second-order valence-electron chi connectivity index (χ2n) is 26.1. The van der Waals surface area contributed by atoms with Crippen LogP contribution in [0.3, 0.4) is 0 Å². The molecule has 4 unspecified atom stereocenters. The number of fused-ring (bicyclic) bond motifs is 9. The van der Waals surface area contributed by atoms with Crippen molar-refractivity contribution in [2.75, 3.05) is 51.6 Å². The quantitative estimate of drug-likeness (QED) is 0.0672. The van der Waals surface area contributed by atoms with Gasteiger partial charge in [-0.1, -0.05) is 57.6 Å². The zero-order valence-electron chi connectivity index (χ0n) is 58.1. The normalized spacial score (nSPS) is 16.3. The Hall–Kier alpha value is -11.6. The highest BCUT2D eigenvalue weighted by Crippen LogP contribution is 2.37. The number of pyridine rings is 9. The van der Waals surface area contributed by atoms with Crippen molar-refractivity contribution in [2.45, 2.75) is 125 Å². The predicted octanol–water partition coefficient (Wildman–Crippen LogP) is 13.9. The van der Waals surface area contributed by atoms with Crippen molar-refractivity contribution in [2.24, 2.45) is 13.0 Å². The number of allylic oxidation sites excluding steroid dienone is 4. The van der Waals surface area contributed by atoms with E-state index in [-0.39, 0.29) is 0 Å². The molecule has 0 fully saturated rings. The van der Waals surface area contributed by atoms with Gasteiger partial charge in [0.25, 0.3) is 0 Å². The minimum atomic E-state index is 0.496. The van der Waals surface area contributed by atoms with Crippen LogP contribution in [0.15, 0.2) is 153 Å². The summed E-state index contributed by atoms with van der Waals surface area (Å²) in [4.78, 5) is 42.3. The van der Waals surface area contributed by atoms with Gasteiger partial charge in [-0.2, -0.15) is 0 Å². The summed E-state index contributed by atoms with van der Waals surface area (Å²) in [7, 11) is 1.99. The Balaban J connectivity index is 0.000000120. The Morgan fingerprint density at radius 1 is 0.455 bits per heavy atom. The topological polar surface area (TPSA) is 387 Å². The molecule has 99 heavy (non-hydrogen) atoms. The summed E-state index contributed by atoms with van der Waals surface area (Å²) in [6.45, 7) is 17.1. The first-order chi connectivity index (χ1) is 47.6. The van der Waals surface area contributed by atoms with Gasteiger partial charge in [0.05, 0.1) is 16.6 Å². The molecule has 0 spiro atoms. The Morgan fingerprint density at radius 2 is 0.970 bits per heavy atom. The van der Waals surface area contributed by atoms with Crippen LogP contribution in [0.5, 0.6) is 0 Å². The summed E-state index contributed by atoms with van der Waals surface area (Å²) in [6.07, 6.45) is 39.2. The molecule has 18 rings (SSSR count). The first-order valence-electron chi connectivity index (χ1n) is 33.5. The molecule has 12 aromatic heterocycles. The number of anilines is 9. The number of rotatable bonds is 0. The number of aromatic amines is 2. The molecule has 0 aromatic carbocycles. The van der Waals surface area contributed by atoms with E-state index in [1.165, 1.54) is 98.0 Å². The average molecular weight is 1320 g/mol. The highest BCUT2D eigenvalue weighted by molar-refractivity contribution is 5.91. The van der Waals surface area contributed by atoms with Crippen LogP contribution in [-0.2, 0) is 45.6 Å². The molecular weight excluding hydrogens is 1230 g/mol. The SMILES string of the molecule is CC1=CCc2ccnc(N)c21.CC1=Cc2c(ccnc2N)C1.CC1C=Cc2c1ccnc2N.CC1CCc2c1ccnc2N.CC1CCc2ccnc(N)c21.CC1Cc2ccnc(N)c2C1.Cc1c[nH]c2c(N)nccc12.Cc1c[nH]c2c(N)nccc12.Cn1ccc2c(N)nccc21. The van der Waals surface area contributed by atoms with Crippen molar-refractivity contribution < 1.29 is 0 Å². The molecule has 0 aliphatic heterocycles. The van der Waals surface area contributed by atoms with Crippen LogP contribution < -0.4 is 51.6 Å². The van der Waals surface area contributed by atoms with Crippen molar-refractivity contribution in [3.05, 3.63) is 231 Å². The summed E-state index contributed by atoms with van der Waals surface area (Å²) in [5.74, 6) is 8.40. The Morgan fingerprint density at radius 3 is 1.56 bits per heavy atom. The number of nitrogen functional groups attached to an aromatic ring is 9. The van der Waals surface area contributed by atoms with Crippen LogP contribution in [0.25, 0.3) is 50.4 Å². The predicted molar refractivity (Wildman–Crippen MR) is 410 cm³/mol. The van der Waals surface area contributed by atoms with Crippen LogP contribution in [-0.4, -0.2) is 59.4 Å². The van der Waals surface area contributed by atoms with E-state index in [1.807, 2.05) is 92.6 Å². The van der Waals surface area contributed by atoms with Crippen LogP contribution in [0.1, 0.15) is 150 Å². The van der Waals surface area contributed by atoms with Gasteiger partial charge in [-0.25, -0.2) is 44.9 Å². The maximum atomic E-state index is 5.75. The molecular formula is C78H93N21. The fraction of sp³-hybridized carbons (Fsp3) is 0.269. The van der Waals surface area contributed by atoms with Crippen LogP contribution >= 0.6 is 0 Å². The first-order valence-corrected chi connectivity index (χ1v) is 33.5. The fourth-order valence-corrected chi connectivity index (χ4v) is 13.4. The molecule has 12 aromatic rings. The van der Waals surface area contributed by atoms with Gasteiger partial charge in [0, 0.05) is 126 Å². The number of nitrogens with two attached hydrogens (primary N) is 9. The van der Waals surface area contributed by atoms with Gasteiger partial charge >= 0.3 is 0 Å². The van der Waals surface area contributed by atoms with E-state index >= 15 is 0 Å². The lowest BCUT2D eigenvalue weighted by atomic mass is 10.0. The zero-order valence-corrected chi connectivity index (χ0v) is 58.1. The number of aryl methyl sites for hydroxylation is 4. The average Bonchev–Trinajstić information content (AvgIpc) is 1.73. The van der Waals surface area contributed by atoms with Crippen molar-refractivity contribution in [1.82, 2.24) is 59.4 Å². The van der Waals surface area contributed by atoms with Crippen LogP contribution in [0.2, 0.25) is 0 Å². The van der Waals surface area contributed by atoms with Gasteiger partial charge in [-0.05, 0) is 219 Å². The summed E-state index contributed by atoms with van der Waals surface area (Å²) < 4.78 is 2.02. The minimum Gasteiger partial charge on any atom is -0.383 e. The van der Waals surface area contributed by atoms with Crippen molar-refractivity contribution in [3.8, 4) is 0 Å². The zero-order chi connectivity index (χ0) is 70.6. The van der Waals surface area contributed by atoms with Gasteiger partial charge in [0.1, 0.15) is 52.4 Å². The number of aromatic nitrogens is 12. The summed E-state index contributed by atoms with van der Waals surface area (Å²) in [5.41, 5.74) is 74.4. The molecule has 0 bridgehead atoms. The third-order valence-electron chi connectivity index (χ3n) is 18.9. The largest absolute Gasteiger partial charge is 0.383 e. The first kappa shape index (κ1) is 70.2.